The van der Waals surface area contributed by atoms with Gasteiger partial charge in [-0.3, -0.25) is 13.9 Å². The predicted octanol–water partition coefficient (Wildman–Crippen LogP) is 3.05. The summed E-state index contributed by atoms with van der Waals surface area (Å²) in [4.78, 5) is 27.3. The Balaban J connectivity index is 2.38. The first-order valence-corrected chi connectivity index (χ1v) is 12.1. The number of nitrogens with zero attached hydrogens (tertiary/aromatic N) is 2. The van der Waals surface area contributed by atoms with Crippen molar-refractivity contribution in [3.63, 3.8) is 0 Å². The average Bonchev–Trinajstić information content (AvgIpc) is 2.70. The van der Waals surface area contributed by atoms with Crippen LogP contribution in [0.3, 0.4) is 0 Å². The van der Waals surface area contributed by atoms with Crippen LogP contribution < -0.4 is 9.62 Å². The molecule has 0 fully saturated rings. The molecule has 0 unspecified atom stereocenters. The van der Waals surface area contributed by atoms with E-state index in [0.717, 1.165) is 10.6 Å². The Morgan fingerprint density at radius 1 is 1.00 bits per heavy atom. The third-order valence-electron chi connectivity index (χ3n) is 4.62. The smallest absolute Gasteiger partial charge is 0.244 e. The summed E-state index contributed by atoms with van der Waals surface area (Å²) in [6.07, 6.45) is 1.04. The summed E-state index contributed by atoms with van der Waals surface area (Å²) in [5, 5.41) is 3.25. The quantitative estimate of drug-likeness (QED) is 0.616. The van der Waals surface area contributed by atoms with Crippen LogP contribution in [0.2, 0.25) is 5.02 Å². The van der Waals surface area contributed by atoms with Gasteiger partial charge in [0.1, 0.15) is 12.6 Å². The van der Waals surface area contributed by atoms with Crippen LogP contribution in [0.5, 0.6) is 0 Å². The molecule has 0 aliphatic heterocycles. The zero-order valence-electron chi connectivity index (χ0n) is 18.1. The summed E-state index contributed by atoms with van der Waals surface area (Å²) < 4.78 is 25.8. The molecule has 9 heteroatoms. The molecule has 0 heterocycles. The fourth-order valence-electron chi connectivity index (χ4n) is 3.01. The minimum Gasteiger partial charge on any atom is -0.352 e. The van der Waals surface area contributed by atoms with Gasteiger partial charge in [0, 0.05) is 17.6 Å². The van der Waals surface area contributed by atoms with Crippen molar-refractivity contribution in [2.24, 2.45) is 0 Å². The third kappa shape index (κ3) is 6.97. The van der Waals surface area contributed by atoms with Crippen molar-refractivity contribution in [1.29, 1.82) is 0 Å². The number of rotatable bonds is 9. The number of carbonyl (C=O) groups is 2. The standard InChI is InChI=1S/C22H28ClN3O4S/c1-16(2)24-22(28)17(3)25(14-18-10-8-9-13-20(18)23)21(27)15-26(31(4,29)30)19-11-6-5-7-12-19/h5-13,16-17H,14-15H2,1-4H3,(H,24,28)/t17-/m1/s1. The van der Waals surface area contributed by atoms with Crippen LogP contribution in [0.1, 0.15) is 26.3 Å². The van der Waals surface area contributed by atoms with Crippen LogP contribution in [-0.2, 0) is 26.2 Å². The highest BCUT2D eigenvalue weighted by molar-refractivity contribution is 7.92. The van der Waals surface area contributed by atoms with Gasteiger partial charge in [0.05, 0.1) is 11.9 Å². The van der Waals surface area contributed by atoms with Crippen molar-refractivity contribution in [3.05, 3.63) is 65.2 Å². The Morgan fingerprint density at radius 2 is 1.58 bits per heavy atom. The van der Waals surface area contributed by atoms with Crippen molar-refractivity contribution in [2.75, 3.05) is 17.1 Å². The molecule has 0 spiro atoms. The minimum atomic E-state index is -3.73. The van der Waals surface area contributed by atoms with E-state index >= 15 is 0 Å². The lowest BCUT2D eigenvalue weighted by molar-refractivity contribution is -0.139. The normalized spacial score (nSPS) is 12.3. The van der Waals surface area contributed by atoms with Crippen molar-refractivity contribution in [2.45, 2.75) is 39.4 Å². The van der Waals surface area contributed by atoms with Crippen molar-refractivity contribution >= 4 is 39.1 Å². The highest BCUT2D eigenvalue weighted by Crippen LogP contribution is 2.21. The Kier molecular flexibility index (Phi) is 8.47. The molecule has 1 N–H and O–H groups in total. The highest BCUT2D eigenvalue weighted by Gasteiger charge is 2.30. The molecule has 2 rings (SSSR count). The Hall–Kier alpha value is -2.58. The van der Waals surface area contributed by atoms with E-state index in [-0.39, 0.29) is 18.5 Å². The molecule has 2 aromatic rings. The van der Waals surface area contributed by atoms with E-state index in [9.17, 15) is 18.0 Å². The van der Waals surface area contributed by atoms with E-state index in [1.165, 1.54) is 4.90 Å². The van der Waals surface area contributed by atoms with Crippen LogP contribution >= 0.6 is 11.6 Å². The summed E-state index contributed by atoms with van der Waals surface area (Å²) in [6.45, 7) is 4.89. The lowest BCUT2D eigenvalue weighted by atomic mass is 10.1. The molecular weight excluding hydrogens is 438 g/mol. The highest BCUT2D eigenvalue weighted by atomic mass is 35.5. The van der Waals surface area contributed by atoms with Gasteiger partial charge in [-0.15, -0.1) is 0 Å². The van der Waals surface area contributed by atoms with Crippen LogP contribution in [0, 0.1) is 0 Å². The third-order valence-corrected chi connectivity index (χ3v) is 6.13. The fraction of sp³-hybridized carbons (Fsp3) is 0.364. The molecule has 0 aliphatic rings. The zero-order valence-corrected chi connectivity index (χ0v) is 19.7. The van der Waals surface area contributed by atoms with Crippen LogP contribution in [0.4, 0.5) is 5.69 Å². The van der Waals surface area contributed by atoms with Gasteiger partial charge in [-0.05, 0) is 44.5 Å². The summed E-state index contributed by atoms with van der Waals surface area (Å²) in [6, 6.07) is 14.5. The number of halogens is 1. The van der Waals surface area contributed by atoms with Gasteiger partial charge in [-0.2, -0.15) is 0 Å². The number of hydrogen-bond donors (Lipinski definition) is 1. The maximum atomic E-state index is 13.3. The van der Waals surface area contributed by atoms with Gasteiger partial charge in [0.25, 0.3) is 0 Å². The molecule has 168 valence electrons. The summed E-state index contributed by atoms with van der Waals surface area (Å²) in [5.41, 5.74) is 1.03. The Morgan fingerprint density at radius 3 is 2.13 bits per heavy atom. The molecule has 0 bridgehead atoms. The minimum absolute atomic E-state index is 0.0670. The molecule has 0 aromatic heterocycles. The van der Waals surface area contributed by atoms with Crippen molar-refractivity contribution in [1.82, 2.24) is 10.2 Å². The second kappa shape index (κ2) is 10.6. The average molecular weight is 466 g/mol. The maximum absolute atomic E-state index is 13.3. The van der Waals surface area contributed by atoms with Crippen LogP contribution in [0.25, 0.3) is 0 Å². The predicted molar refractivity (Wildman–Crippen MR) is 123 cm³/mol. The number of sulfonamides is 1. The van der Waals surface area contributed by atoms with E-state index in [1.54, 1.807) is 61.5 Å². The number of amides is 2. The van der Waals surface area contributed by atoms with Crippen LogP contribution in [-0.4, -0.2) is 50.0 Å². The first-order valence-electron chi connectivity index (χ1n) is 9.86. The van der Waals surface area contributed by atoms with Gasteiger partial charge in [-0.1, -0.05) is 48.0 Å². The molecule has 0 radical (unpaired) electrons. The largest absolute Gasteiger partial charge is 0.352 e. The molecular formula is C22H28ClN3O4S. The molecule has 1 atom stereocenters. The monoisotopic (exact) mass is 465 g/mol. The van der Waals surface area contributed by atoms with Crippen molar-refractivity contribution < 1.29 is 18.0 Å². The number of benzene rings is 2. The van der Waals surface area contributed by atoms with Crippen molar-refractivity contribution in [3.8, 4) is 0 Å². The number of hydrogen-bond acceptors (Lipinski definition) is 4. The maximum Gasteiger partial charge on any atom is 0.244 e. The topological polar surface area (TPSA) is 86.8 Å². The second-order valence-corrected chi connectivity index (χ2v) is 9.87. The summed E-state index contributed by atoms with van der Waals surface area (Å²) in [7, 11) is -3.73. The summed E-state index contributed by atoms with van der Waals surface area (Å²) in [5.74, 6) is -0.846. The molecule has 2 aromatic carbocycles. The first-order chi connectivity index (χ1) is 14.5. The Labute approximate surface area is 189 Å². The van der Waals surface area contributed by atoms with Gasteiger partial charge < -0.3 is 10.2 Å². The lowest BCUT2D eigenvalue weighted by Gasteiger charge is -2.32. The van der Waals surface area contributed by atoms with E-state index in [0.29, 0.717) is 16.3 Å². The van der Waals surface area contributed by atoms with Gasteiger partial charge >= 0.3 is 0 Å². The molecule has 0 aliphatic carbocycles. The van der Waals surface area contributed by atoms with E-state index in [1.807, 2.05) is 13.8 Å². The number of anilines is 1. The second-order valence-electron chi connectivity index (χ2n) is 7.56. The fourth-order valence-corrected chi connectivity index (χ4v) is 4.05. The van der Waals surface area contributed by atoms with Gasteiger partial charge in [-0.25, -0.2) is 8.42 Å². The molecule has 7 nitrogen and oxygen atoms in total. The molecule has 2 amide bonds. The molecule has 0 saturated heterocycles. The molecule has 0 saturated carbocycles. The number of carbonyl (C=O) groups excluding carboxylic acids is 2. The van der Waals surface area contributed by atoms with E-state index in [2.05, 4.69) is 5.32 Å². The van der Waals surface area contributed by atoms with Crippen LogP contribution in [0.15, 0.2) is 54.6 Å². The van der Waals surface area contributed by atoms with E-state index < -0.39 is 28.5 Å². The number of nitrogens with one attached hydrogen (secondary N) is 1. The van der Waals surface area contributed by atoms with Gasteiger partial charge in [0.2, 0.25) is 21.8 Å². The first kappa shape index (κ1) is 24.7. The zero-order chi connectivity index (χ0) is 23.2. The number of para-hydroxylation sites is 1. The SMILES string of the molecule is CC(C)NC(=O)[C@@H](C)N(Cc1ccccc1Cl)C(=O)CN(c1ccccc1)S(C)(=O)=O. The van der Waals surface area contributed by atoms with E-state index in [4.69, 9.17) is 11.6 Å². The summed E-state index contributed by atoms with van der Waals surface area (Å²) >= 11 is 6.27. The van der Waals surface area contributed by atoms with Gasteiger partial charge in [0.15, 0.2) is 0 Å². The lowest BCUT2D eigenvalue weighted by Crippen LogP contribution is -2.52. The Bertz CT molecular complexity index is 1010. The molecule has 31 heavy (non-hydrogen) atoms.